The largest absolute Gasteiger partial charge is 0.487 e. The first-order chi connectivity index (χ1) is 18.7. The molecule has 7 nitrogen and oxygen atoms in total. The van der Waals surface area contributed by atoms with Crippen LogP contribution in [0.3, 0.4) is 0 Å². The summed E-state index contributed by atoms with van der Waals surface area (Å²) in [6.07, 6.45) is 2.99. The smallest absolute Gasteiger partial charge is 0.217 e. The zero-order valence-corrected chi connectivity index (χ0v) is 23.7. The minimum atomic E-state index is -3.36. The molecular weight excluding hydrogens is 559 g/mol. The Bertz CT molecular complexity index is 1680. The molecule has 3 heterocycles. The van der Waals surface area contributed by atoms with Crippen molar-refractivity contribution in [3.8, 4) is 17.6 Å². The molecule has 0 radical (unpaired) electrons. The van der Waals surface area contributed by atoms with Crippen LogP contribution in [0.2, 0.25) is 5.02 Å². The molecule has 0 amide bonds. The fraction of sp³-hybridized carbons (Fsp3) is 0.286. The molecule has 0 unspecified atom stereocenters. The highest BCUT2D eigenvalue weighted by Crippen LogP contribution is 2.34. The van der Waals surface area contributed by atoms with E-state index >= 15 is 0 Å². The third kappa shape index (κ3) is 6.17. The van der Waals surface area contributed by atoms with Crippen molar-refractivity contribution in [2.75, 3.05) is 11.9 Å². The molecule has 1 aliphatic heterocycles. The molecule has 0 aliphatic carbocycles. The Hall–Kier alpha value is -3.23. The topological polar surface area (TPSA) is 84.4 Å². The Morgan fingerprint density at radius 3 is 2.85 bits per heavy atom. The van der Waals surface area contributed by atoms with Gasteiger partial charge in [0.15, 0.2) is 5.82 Å². The second-order valence-electron chi connectivity index (χ2n) is 9.37. The molecule has 0 saturated carbocycles. The molecule has 4 aromatic rings. The maximum atomic E-state index is 13.4. The Balaban J connectivity index is 1.31. The van der Waals surface area contributed by atoms with E-state index in [4.69, 9.17) is 16.3 Å². The van der Waals surface area contributed by atoms with Crippen LogP contribution in [-0.2, 0) is 16.6 Å². The molecule has 11 heteroatoms. The summed E-state index contributed by atoms with van der Waals surface area (Å²) < 4.78 is 46.9. The third-order valence-corrected chi connectivity index (χ3v) is 9.90. The lowest BCUT2D eigenvalue weighted by Crippen LogP contribution is -2.39. The van der Waals surface area contributed by atoms with Crippen molar-refractivity contribution < 1.29 is 17.5 Å². The summed E-state index contributed by atoms with van der Waals surface area (Å²) in [5, 5.41) is 3.20. The number of thiophene rings is 1. The zero-order chi connectivity index (χ0) is 27.6. The first kappa shape index (κ1) is 27.3. The molecule has 39 heavy (non-hydrogen) atoms. The minimum absolute atomic E-state index is 0.192. The maximum Gasteiger partial charge on any atom is 0.217 e. The van der Waals surface area contributed by atoms with Gasteiger partial charge in [-0.15, -0.1) is 11.3 Å². The van der Waals surface area contributed by atoms with Crippen molar-refractivity contribution in [2.24, 2.45) is 0 Å². The van der Waals surface area contributed by atoms with Crippen LogP contribution in [0, 0.1) is 17.7 Å². The van der Waals surface area contributed by atoms with Gasteiger partial charge in [0.05, 0.1) is 31.4 Å². The van der Waals surface area contributed by atoms with E-state index in [1.165, 1.54) is 34.1 Å². The molecule has 1 saturated heterocycles. The summed E-state index contributed by atoms with van der Waals surface area (Å²) in [5.41, 5.74) is 2.15. The Labute approximate surface area is 236 Å². The second-order valence-corrected chi connectivity index (χ2v) is 13.3. The van der Waals surface area contributed by atoms with Crippen LogP contribution >= 0.6 is 22.9 Å². The highest BCUT2D eigenvalue weighted by atomic mass is 35.5. The van der Waals surface area contributed by atoms with Gasteiger partial charge in [-0.2, -0.15) is 4.31 Å². The van der Waals surface area contributed by atoms with Crippen LogP contribution < -0.4 is 10.1 Å². The normalized spacial score (nSPS) is 15.9. The van der Waals surface area contributed by atoms with Gasteiger partial charge in [-0.25, -0.2) is 22.8 Å². The molecule has 5 rings (SSSR count). The van der Waals surface area contributed by atoms with Crippen LogP contribution in [0.1, 0.15) is 37.1 Å². The molecule has 202 valence electrons. The summed E-state index contributed by atoms with van der Waals surface area (Å²) in [7, 11) is -3.36. The monoisotopic (exact) mass is 584 g/mol. The highest BCUT2D eigenvalue weighted by Gasteiger charge is 2.35. The summed E-state index contributed by atoms with van der Waals surface area (Å²) in [6.45, 7) is 4.08. The quantitative estimate of drug-likeness (QED) is 0.254. The van der Waals surface area contributed by atoms with Gasteiger partial charge in [-0.1, -0.05) is 35.6 Å². The highest BCUT2D eigenvalue weighted by molar-refractivity contribution is 7.89. The first-order valence-corrected chi connectivity index (χ1v) is 15.1. The molecule has 1 fully saturated rings. The molecule has 2 aromatic heterocycles. The SMILES string of the molecule is CC(C)S(=O)(=O)N1CCC[C@H]1C#Cc1cc2ncnc(Nc3ccc(OCc4cccc(F)c4)c(Cl)c3)c2s1. The van der Waals surface area contributed by atoms with E-state index in [9.17, 15) is 12.8 Å². The van der Waals surface area contributed by atoms with Crippen LogP contribution in [0.5, 0.6) is 5.75 Å². The first-order valence-electron chi connectivity index (χ1n) is 12.4. The number of anilines is 2. The lowest BCUT2D eigenvalue weighted by Gasteiger charge is -2.22. The number of ether oxygens (including phenoxy) is 1. The van der Waals surface area contributed by atoms with Gasteiger partial charge >= 0.3 is 0 Å². The second kappa shape index (κ2) is 11.5. The summed E-state index contributed by atoms with van der Waals surface area (Å²) in [4.78, 5) is 9.54. The average Bonchev–Trinajstić information content (AvgIpc) is 3.55. The van der Waals surface area contributed by atoms with Gasteiger partial charge in [0.2, 0.25) is 10.0 Å². The predicted octanol–water partition coefficient (Wildman–Crippen LogP) is 6.36. The molecule has 1 aliphatic rings. The third-order valence-electron chi connectivity index (χ3n) is 6.28. The zero-order valence-electron chi connectivity index (χ0n) is 21.3. The van der Waals surface area contributed by atoms with E-state index in [1.807, 2.05) is 12.1 Å². The van der Waals surface area contributed by atoms with Crippen molar-refractivity contribution in [1.29, 1.82) is 0 Å². The van der Waals surface area contributed by atoms with E-state index in [0.717, 1.165) is 27.9 Å². The lowest BCUT2D eigenvalue weighted by atomic mass is 10.2. The maximum absolute atomic E-state index is 13.4. The average molecular weight is 585 g/mol. The Kier molecular flexibility index (Phi) is 8.05. The van der Waals surface area contributed by atoms with E-state index in [1.54, 1.807) is 38.1 Å². The number of nitrogens with zero attached hydrogens (tertiary/aromatic N) is 3. The van der Waals surface area contributed by atoms with E-state index in [0.29, 0.717) is 34.4 Å². The minimum Gasteiger partial charge on any atom is -0.487 e. The number of halogens is 2. The van der Waals surface area contributed by atoms with Gasteiger partial charge in [0.25, 0.3) is 0 Å². The van der Waals surface area contributed by atoms with Crippen molar-refractivity contribution in [3.63, 3.8) is 0 Å². The molecule has 0 bridgehead atoms. The van der Waals surface area contributed by atoms with Crippen LogP contribution in [0.15, 0.2) is 54.9 Å². The number of nitrogens with one attached hydrogen (secondary N) is 1. The summed E-state index contributed by atoms with van der Waals surface area (Å²) >= 11 is 7.89. The van der Waals surface area contributed by atoms with Crippen molar-refractivity contribution in [3.05, 3.63) is 76.1 Å². The molecule has 1 N–H and O–H groups in total. The molecular formula is C28H26ClFN4O3S2. The summed E-state index contributed by atoms with van der Waals surface area (Å²) in [6, 6.07) is 13.1. The molecule has 1 atom stereocenters. The van der Waals surface area contributed by atoms with E-state index in [2.05, 4.69) is 27.1 Å². The number of fused-ring (bicyclic) bond motifs is 1. The summed E-state index contributed by atoms with van der Waals surface area (Å²) in [5.74, 6) is 7.09. The molecule has 2 aromatic carbocycles. The van der Waals surface area contributed by atoms with Gasteiger partial charge in [0.1, 0.15) is 24.5 Å². The lowest BCUT2D eigenvalue weighted by molar-refractivity contribution is 0.306. The van der Waals surface area contributed by atoms with Gasteiger partial charge in [0, 0.05) is 12.2 Å². The number of aromatic nitrogens is 2. The number of hydrogen-bond acceptors (Lipinski definition) is 7. The van der Waals surface area contributed by atoms with Gasteiger partial charge < -0.3 is 10.1 Å². The standard InChI is InChI=1S/C28H26ClFN4O3S2/c1-18(2)39(35,36)34-12-4-7-22(34)9-10-23-15-25-27(38-23)28(32-17-31-25)33-21-8-11-26(24(29)14-21)37-16-19-5-3-6-20(30)13-19/h3,5-6,8,11,13-15,17-18,22H,4,7,12,16H2,1-2H3,(H,31,32,33)/t22-/m0/s1. The van der Waals surface area contributed by atoms with E-state index < -0.39 is 15.3 Å². The fourth-order valence-corrected chi connectivity index (χ4v) is 6.83. The predicted molar refractivity (Wildman–Crippen MR) is 154 cm³/mol. The van der Waals surface area contributed by atoms with Gasteiger partial charge in [-0.05, 0) is 68.7 Å². The van der Waals surface area contributed by atoms with Crippen molar-refractivity contribution >= 4 is 54.7 Å². The van der Waals surface area contributed by atoms with Crippen LogP contribution in [-0.4, -0.2) is 40.5 Å². The van der Waals surface area contributed by atoms with Crippen LogP contribution in [0.25, 0.3) is 10.2 Å². The number of benzene rings is 2. The Morgan fingerprint density at radius 1 is 1.23 bits per heavy atom. The number of rotatable bonds is 7. The van der Waals surface area contributed by atoms with E-state index in [-0.39, 0.29) is 18.5 Å². The number of sulfonamides is 1. The van der Waals surface area contributed by atoms with Gasteiger partial charge in [-0.3, -0.25) is 0 Å². The van der Waals surface area contributed by atoms with Crippen molar-refractivity contribution in [1.82, 2.24) is 14.3 Å². The fourth-order valence-electron chi connectivity index (χ4n) is 4.24. The Morgan fingerprint density at radius 2 is 2.08 bits per heavy atom. The molecule has 0 spiro atoms. The van der Waals surface area contributed by atoms with Crippen molar-refractivity contribution in [2.45, 2.75) is 44.6 Å². The number of hydrogen-bond donors (Lipinski definition) is 1. The van der Waals surface area contributed by atoms with Crippen LogP contribution in [0.4, 0.5) is 15.9 Å².